The molecule has 0 spiro atoms. The lowest BCUT2D eigenvalue weighted by Gasteiger charge is -2.36. The monoisotopic (exact) mass is 194 g/mol. The third-order valence-corrected chi connectivity index (χ3v) is 5.36. The zero-order valence-corrected chi connectivity index (χ0v) is 8.95. The van der Waals surface area contributed by atoms with E-state index in [2.05, 4.69) is 6.92 Å². The zero-order chi connectivity index (χ0) is 9.92. The van der Waals surface area contributed by atoms with Crippen molar-refractivity contribution >= 4 is 5.97 Å². The number of fused-ring (bicyclic) bond motifs is 1. The fourth-order valence-corrected chi connectivity index (χ4v) is 4.66. The first-order valence-electron chi connectivity index (χ1n) is 5.76. The van der Waals surface area contributed by atoms with Gasteiger partial charge in [0.05, 0.1) is 12.5 Å². The van der Waals surface area contributed by atoms with Crippen LogP contribution >= 0.6 is 0 Å². The Labute approximate surface area is 85.0 Å². The van der Waals surface area contributed by atoms with Gasteiger partial charge in [-0.25, -0.2) is 0 Å². The Morgan fingerprint density at radius 2 is 2.14 bits per heavy atom. The highest BCUT2D eigenvalue weighted by Gasteiger charge is 2.65. The molecular weight excluding hydrogens is 176 g/mol. The Morgan fingerprint density at radius 3 is 2.86 bits per heavy atom. The molecule has 0 heterocycles. The van der Waals surface area contributed by atoms with Gasteiger partial charge in [-0.2, -0.15) is 0 Å². The smallest absolute Gasteiger partial charge is 0.312 e. The lowest BCUT2D eigenvalue weighted by Crippen LogP contribution is -2.40. The molecule has 2 nitrogen and oxygen atoms in total. The van der Waals surface area contributed by atoms with E-state index in [0.29, 0.717) is 11.8 Å². The maximum Gasteiger partial charge on any atom is 0.312 e. The summed E-state index contributed by atoms with van der Waals surface area (Å²) in [6.07, 6.45) is 5.20. The standard InChI is InChI=1S/C12H18O2/c1-12(11(13)14-2)8-5-7-3-4-10(12)9(7)6-8/h7-10H,3-6H2,1-2H3/t7-,8+,9+,10-,12-/m1/s1. The van der Waals surface area contributed by atoms with Crippen LogP contribution in [0.5, 0.6) is 0 Å². The first kappa shape index (κ1) is 8.75. The minimum atomic E-state index is -0.133. The summed E-state index contributed by atoms with van der Waals surface area (Å²) in [6, 6.07) is 0. The number of ether oxygens (including phenoxy) is 1. The first-order chi connectivity index (χ1) is 6.67. The molecule has 0 unspecified atom stereocenters. The number of carbonyl (C=O) groups is 1. The second-order valence-corrected chi connectivity index (χ2v) is 5.55. The van der Waals surface area contributed by atoms with Crippen molar-refractivity contribution in [3.05, 3.63) is 0 Å². The van der Waals surface area contributed by atoms with Crippen LogP contribution in [0.2, 0.25) is 0 Å². The molecule has 78 valence electrons. The topological polar surface area (TPSA) is 26.3 Å². The van der Waals surface area contributed by atoms with Gasteiger partial charge in [0.25, 0.3) is 0 Å². The van der Waals surface area contributed by atoms with E-state index in [4.69, 9.17) is 4.74 Å². The van der Waals surface area contributed by atoms with Crippen molar-refractivity contribution in [3.8, 4) is 0 Å². The van der Waals surface area contributed by atoms with Crippen molar-refractivity contribution in [1.29, 1.82) is 0 Å². The third-order valence-electron chi connectivity index (χ3n) is 5.36. The second-order valence-electron chi connectivity index (χ2n) is 5.55. The zero-order valence-electron chi connectivity index (χ0n) is 8.95. The largest absolute Gasteiger partial charge is 0.469 e. The SMILES string of the molecule is COC(=O)[C@]1(C)[C@H]2C[C@H]3CC[C@@H]1[C@H]3C2. The Kier molecular flexibility index (Phi) is 1.58. The quantitative estimate of drug-likeness (QED) is 0.598. The van der Waals surface area contributed by atoms with Crippen LogP contribution < -0.4 is 0 Å². The molecule has 3 aliphatic rings. The Bertz CT molecular complexity index is 284. The molecule has 3 fully saturated rings. The molecule has 0 radical (unpaired) electrons. The summed E-state index contributed by atoms with van der Waals surface area (Å²) in [4.78, 5) is 11.9. The number of carbonyl (C=O) groups excluding carboxylic acids is 1. The summed E-state index contributed by atoms with van der Waals surface area (Å²) >= 11 is 0. The van der Waals surface area contributed by atoms with Gasteiger partial charge in [0, 0.05) is 0 Å². The summed E-state index contributed by atoms with van der Waals surface area (Å²) in [5.41, 5.74) is -0.133. The second kappa shape index (κ2) is 2.53. The van der Waals surface area contributed by atoms with Gasteiger partial charge >= 0.3 is 5.97 Å². The minimum Gasteiger partial charge on any atom is -0.469 e. The Hall–Kier alpha value is -0.530. The highest BCUT2D eigenvalue weighted by Crippen LogP contribution is 2.68. The number of hydrogen-bond acceptors (Lipinski definition) is 2. The van der Waals surface area contributed by atoms with Crippen LogP contribution in [-0.2, 0) is 9.53 Å². The number of methoxy groups -OCH3 is 1. The summed E-state index contributed by atoms with van der Waals surface area (Å²) < 4.78 is 5.00. The van der Waals surface area contributed by atoms with Crippen molar-refractivity contribution < 1.29 is 9.53 Å². The van der Waals surface area contributed by atoms with Crippen LogP contribution in [0.25, 0.3) is 0 Å². The summed E-state index contributed by atoms with van der Waals surface area (Å²) in [7, 11) is 1.53. The van der Waals surface area contributed by atoms with E-state index in [-0.39, 0.29) is 11.4 Å². The van der Waals surface area contributed by atoms with Crippen molar-refractivity contribution in [2.75, 3.05) is 7.11 Å². The highest BCUT2D eigenvalue weighted by molar-refractivity contribution is 5.78. The highest BCUT2D eigenvalue weighted by atomic mass is 16.5. The molecule has 3 rings (SSSR count). The molecule has 0 aliphatic heterocycles. The van der Waals surface area contributed by atoms with E-state index in [1.807, 2.05) is 0 Å². The minimum absolute atomic E-state index is 0.0513. The van der Waals surface area contributed by atoms with E-state index in [9.17, 15) is 4.79 Å². The van der Waals surface area contributed by atoms with Crippen molar-refractivity contribution in [1.82, 2.24) is 0 Å². The molecule has 0 N–H and O–H groups in total. The Morgan fingerprint density at radius 1 is 1.36 bits per heavy atom. The van der Waals surface area contributed by atoms with Gasteiger partial charge in [0.1, 0.15) is 0 Å². The van der Waals surface area contributed by atoms with E-state index >= 15 is 0 Å². The van der Waals surface area contributed by atoms with Gasteiger partial charge in [-0.1, -0.05) is 0 Å². The van der Waals surface area contributed by atoms with Gasteiger partial charge in [-0.3, -0.25) is 4.79 Å². The van der Waals surface area contributed by atoms with Gasteiger partial charge in [-0.05, 0) is 56.3 Å². The van der Waals surface area contributed by atoms with Crippen LogP contribution in [0, 0.1) is 29.1 Å². The van der Waals surface area contributed by atoms with Crippen molar-refractivity contribution in [2.45, 2.75) is 32.6 Å². The molecule has 2 bridgehead atoms. The maximum atomic E-state index is 11.9. The van der Waals surface area contributed by atoms with Crippen LogP contribution in [0.4, 0.5) is 0 Å². The van der Waals surface area contributed by atoms with Crippen molar-refractivity contribution in [3.63, 3.8) is 0 Å². The molecule has 0 aromatic carbocycles. The molecule has 0 saturated heterocycles. The van der Waals surface area contributed by atoms with E-state index < -0.39 is 0 Å². The molecule has 2 heteroatoms. The van der Waals surface area contributed by atoms with Crippen LogP contribution in [0.15, 0.2) is 0 Å². The van der Waals surface area contributed by atoms with Crippen LogP contribution in [0.1, 0.15) is 32.6 Å². The first-order valence-corrected chi connectivity index (χ1v) is 5.76. The van der Waals surface area contributed by atoms with Gasteiger partial charge in [-0.15, -0.1) is 0 Å². The summed E-state index contributed by atoms with van der Waals surface area (Å²) in [5.74, 6) is 3.11. The normalized spacial score (nSPS) is 53.9. The Balaban J connectivity index is 1.98. The summed E-state index contributed by atoms with van der Waals surface area (Å²) in [5, 5.41) is 0. The van der Waals surface area contributed by atoms with Gasteiger partial charge in [0.2, 0.25) is 0 Å². The predicted octanol–water partition coefficient (Wildman–Crippen LogP) is 2.23. The fraction of sp³-hybridized carbons (Fsp3) is 0.917. The van der Waals surface area contributed by atoms with Gasteiger partial charge in [0.15, 0.2) is 0 Å². The number of hydrogen-bond donors (Lipinski definition) is 0. The molecule has 0 aromatic rings. The summed E-state index contributed by atoms with van der Waals surface area (Å²) in [6.45, 7) is 2.15. The lowest BCUT2D eigenvalue weighted by molar-refractivity contribution is -0.158. The molecule has 5 atom stereocenters. The van der Waals surface area contributed by atoms with Gasteiger partial charge < -0.3 is 4.74 Å². The molecule has 0 amide bonds. The molecule has 3 saturated carbocycles. The molecular formula is C12H18O2. The molecule has 0 aromatic heterocycles. The third kappa shape index (κ3) is 0.768. The predicted molar refractivity (Wildman–Crippen MR) is 52.6 cm³/mol. The average molecular weight is 194 g/mol. The van der Waals surface area contributed by atoms with Crippen LogP contribution in [-0.4, -0.2) is 13.1 Å². The maximum absolute atomic E-state index is 11.9. The van der Waals surface area contributed by atoms with E-state index in [1.54, 1.807) is 0 Å². The average Bonchev–Trinajstić information content (AvgIpc) is 2.76. The van der Waals surface area contributed by atoms with E-state index in [0.717, 1.165) is 11.8 Å². The number of rotatable bonds is 1. The number of esters is 1. The fourth-order valence-electron chi connectivity index (χ4n) is 4.66. The molecule has 3 aliphatic carbocycles. The molecule has 14 heavy (non-hydrogen) atoms. The van der Waals surface area contributed by atoms with Crippen LogP contribution in [0.3, 0.4) is 0 Å². The lowest BCUT2D eigenvalue weighted by atomic mass is 9.68. The van der Waals surface area contributed by atoms with Crippen molar-refractivity contribution in [2.24, 2.45) is 29.1 Å². The van der Waals surface area contributed by atoms with E-state index in [1.165, 1.54) is 32.8 Å².